The van der Waals surface area contributed by atoms with Crippen LogP contribution in [0.4, 0.5) is 0 Å². The predicted octanol–water partition coefficient (Wildman–Crippen LogP) is 3.46. The van der Waals surface area contributed by atoms with Gasteiger partial charge in [-0.3, -0.25) is 0 Å². The first kappa shape index (κ1) is 14.1. The zero-order valence-electron chi connectivity index (χ0n) is 11.5. The van der Waals surface area contributed by atoms with Gasteiger partial charge in [-0.2, -0.15) is 0 Å². The van der Waals surface area contributed by atoms with E-state index in [4.69, 9.17) is 11.6 Å². The van der Waals surface area contributed by atoms with Crippen LogP contribution in [-0.4, -0.2) is 14.8 Å². The number of aryl methyl sites for hydroxylation is 2. The number of halogens is 1. The van der Waals surface area contributed by atoms with Crippen molar-refractivity contribution in [2.24, 2.45) is 5.92 Å². The molecule has 0 fully saturated rings. The SMILES string of the molecule is CC(C)Cn1c(CCl)nnc1CCc1ccccc1. The van der Waals surface area contributed by atoms with Gasteiger partial charge in [-0.1, -0.05) is 44.2 Å². The van der Waals surface area contributed by atoms with E-state index < -0.39 is 0 Å². The molecule has 0 saturated heterocycles. The van der Waals surface area contributed by atoms with E-state index in [1.165, 1.54) is 5.56 Å². The third-order valence-corrected chi connectivity index (χ3v) is 3.29. The third kappa shape index (κ3) is 3.80. The number of aromatic nitrogens is 3. The highest BCUT2D eigenvalue weighted by Crippen LogP contribution is 2.12. The number of hydrogen-bond acceptors (Lipinski definition) is 2. The maximum Gasteiger partial charge on any atom is 0.147 e. The van der Waals surface area contributed by atoms with E-state index in [1.54, 1.807) is 0 Å². The summed E-state index contributed by atoms with van der Waals surface area (Å²) in [6, 6.07) is 10.5. The molecule has 0 aliphatic heterocycles. The molecule has 0 spiro atoms. The first-order valence-electron chi connectivity index (χ1n) is 6.71. The molecule has 0 amide bonds. The van der Waals surface area contributed by atoms with Gasteiger partial charge in [0.2, 0.25) is 0 Å². The summed E-state index contributed by atoms with van der Waals surface area (Å²) in [7, 11) is 0. The highest BCUT2D eigenvalue weighted by atomic mass is 35.5. The Morgan fingerprint density at radius 2 is 1.74 bits per heavy atom. The molecule has 0 N–H and O–H groups in total. The van der Waals surface area contributed by atoms with Crippen LogP contribution in [0.25, 0.3) is 0 Å². The summed E-state index contributed by atoms with van der Waals surface area (Å²) in [4.78, 5) is 0. The quantitative estimate of drug-likeness (QED) is 0.757. The highest BCUT2D eigenvalue weighted by Gasteiger charge is 2.12. The van der Waals surface area contributed by atoms with E-state index in [0.717, 1.165) is 31.0 Å². The van der Waals surface area contributed by atoms with E-state index in [-0.39, 0.29) is 0 Å². The molecule has 19 heavy (non-hydrogen) atoms. The second-order valence-corrected chi connectivity index (χ2v) is 5.42. The Morgan fingerprint density at radius 3 is 2.37 bits per heavy atom. The highest BCUT2D eigenvalue weighted by molar-refractivity contribution is 6.16. The Kier molecular flexibility index (Phi) is 4.97. The van der Waals surface area contributed by atoms with Crippen molar-refractivity contribution in [1.82, 2.24) is 14.8 Å². The summed E-state index contributed by atoms with van der Waals surface area (Å²) in [5, 5.41) is 8.46. The van der Waals surface area contributed by atoms with Gasteiger partial charge in [-0.25, -0.2) is 0 Å². The molecule has 0 unspecified atom stereocenters. The van der Waals surface area contributed by atoms with Gasteiger partial charge in [-0.05, 0) is 17.9 Å². The fourth-order valence-electron chi connectivity index (χ4n) is 2.13. The first-order chi connectivity index (χ1) is 9.20. The van der Waals surface area contributed by atoms with E-state index in [0.29, 0.717) is 11.8 Å². The zero-order valence-corrected chi connectivity index (χ0v) is 12.3. The topological polar surface area (TPSA) is 30.7 Å². The molecule has 3 nitrogen and oxygen atoms in total. The lowest BCUT2D eigenvalue weighted by atomic mass is 10.1. The van der Waals surface area contributed by atoms with Crippen LogP contribution < -0.4 is 0 Å². The van der Waals surface area contributed by atoms with Crippen LogP contribution in [0, 0.1) is 5.92 Å². The lowest BCUT2D eigenvalue weighted by Gasteiger charge is -2.11. The van der Waals surface area contributed by atoms with E-state index in [9.17, 15) is 0 Å². The van der Waals surface area contributed by atoms with Gasteiger partial charge < -0.3 is 4.57 Å². The van der Waals surface area contributed by atoms with Gasteiger partial charge in [-0.15, -0.1) is 21.8 Å². The van der Waals surface area contributed by atoms with Crippen LogP contribution in [-0.2, 0) is 25.3 Å². The van der Waals surface area contributed by atoms with Crippen LogP contribution >= 0.6 is 11.6 Å². The fourth-order valence-corrected chi connectivity index (χ4v) is 2.33. The number of nitrogens with zero attached hydrogens (tertiary/aromatic N) is 3. The minimum atomic E-state index is 0.422. The summed E-state index contributed by atoms with van der Waals surface area (Å²) in [5.41, 5.74) is 1.33. The minimum absolute atomic E-state index is 0.422. The van der Waals surface area contributed by atoms with Crippen LogP contribution in [0.1, 0.15) is 31.1 Å². The summed E-state index contributed by atoms with van der Waals surface area (Å²) in [6.45, 7) is 5.32. The second kappa shape index (κ2) is 6.71. The molecule has 0 radical (unpaired) electrons. The smallest absolute Gasteiger partial charge is 0.147 e. The lowest BCUT2D eigenvalue weighted by molar-refractivity contribution is 0.496. The van der Waals surface area contributed by atoms with Crippen molar-refractivity contribution in [3.8, 4) is 0 Å². The molecule has 1 heterocycles. The Labute approximate surface area is 119 Å². The summed E-state index contributed by atoms with van der Waals surface area (Å²) < 4.78 is 2.17. The van der Waals surface area contributed by atoms with Crippen LogP contribution in [0.2, 0.25) is 0 Å². The van der Waals surface area contributed by atoms with Gasteiger partial charge in [0.1, 0.15) is 11.6 Å². The lowest BCUT2D eigenvalue weighted by Crippen LogP contribution is -2.12. The zero-order chi connectivity index (χ0) is 13.7. The van der Waals surface area contributed by atoms with Gasteiger partial charge in [0, 0.05) is 13.0 Å². The standard InChI is InChI=1S/C15H20ClN3/c1-12(2)11-19-14(17-18-15(19)10-16)9-8-13-6-4-3-5-7-13/h3-7,12H,8-11H2,1-2H3. The first-order valence-corrected chi connectivity index (χ1v) is 7.25. The van der Waals surface area contributed by atoms with Crippen LogP contribution in [0.15, 0.2) is 30.3 Å². The molecule has 2 rings (SSSR count). The van der Waals surface area contributed by atoms with Gasteiger partial charge in [0.05, 0.1) is 5.88 Å². The molecular weight excluding hydrogens is 258 g/mol. The Balaban J connectivity index is 2.09. The maximum absolute atomic E-state index is 5.92. The van der Waals surface area contributed by atoms with Crippen molar-refractivity contribution < 1.29 is 0 Å². The number of hydrogen-bond donors (Lipinski definition) is 0. The molecule has 1 aromatic heterocycles. The maximum atomic E-state index is 5.92. The summed E-state index contributed by atoms with van der Waals surface area (Å²) in [6.07, 6.45) is 1.89. The van der Waals surface area contributed by atoms with Crippen molar-refractivity contribution in [2.45, 2.75) is 39.1 Å². The second-order valence-electron chi connectivity index (χ2n) is 5.16. The molecule has 4 heteroatoms. The Hall–Kier alpha value is -1.35. The number of alkyl halides is 1. The Morgan fingerprint density at radius 1 is 1.05 bits per heavy atom. The normalized spacial score (nSPS) is 11.2. The van der Waals surface area contributed by atoms with Gasteiger partial charge >= 0.3 is 0 Å². The van der Waals surface area contributed by atoms with Crippen LogP contribution in [0.5, 0.6) is 0 Å². The largest absolute Gasteiger partial charge is 0.314 e. The molecule has 102 valence electrons. The van der Waals surface area contributed by atoms with Gasteiger partial charge in [0.25, 0.3) is 0 Å². The van der Waals surface area contributed by atoms with E-state index >= 15 is 0 Å². The molecule has 0 aliphatic rings. The van der Waals surface area contributed by atoms with Crippen molar-refractivity contribution in [3.63, 3.8) is 0 Å². The van der Waals surface area contributed by atoms with E-state index in [2.05, 4.69) is 52.9 Å². The average Bonchev–Trinajstić information content (AvgIpc) is 2.79. The molecule has 2 aromatic rings. The molecule has 0 bridgehead atoms. The molecule has 0 saturated carbocycles. The van der Waals surface area contributed by atoms with Crippen molar-refractivity contribution in [1.29, 1.82) is 0 Å². The molecule has 0 atom stereocenters. The third-order valence-electron chi connectivity index (χ3n) is 3.05. The fraction of sp³-hybridized carbons (Fsp3) is 0.467. The minimum Gasteiger partial charge on any atom is -0.314 e. The van der Waals surface area contributed by atoms with E-state index in [1.807, 2.05) is 6.07 Å². The Bertz CT molecular complexity index is 505. The average molecular weight is 278 g/mol. The molecular formula is C15H20ClN3. The van der Waals surface area contributed by atoms with Crippen molar-refractivity contribution in [3.05, 3.63) is 47.5 Å². The molecule has 1 aromatic carbocycles. The van der Waals surface area contributed by atoms with Crippen LogP contribution in [0.3, 0.4) is 0 Å². The summed E-state index contributed by atoms with van der Waals surface area (Å²) >= 11 is 5.92. The monoisotopic (exact) mass is 277 g/mol. The number of rotatable bonds is 6. The van der Waals surface area contributed by atoms with Gasteiger partial charge in [0.15, 0.2) is 0 Å². The van der Waals surface area contributed by atoms with Crippen molar-refractivity contribution in [2.75, 3.05) is 0 Å². The predicted molar refractivity (Wildman–Crippen MR) is 78.3 cm³/mol. The number of benzene rings is 1. The van der Waals surface area contributed by atoms with Crippen molar-refractivity contribution >= 4 is 11.6 Å². The molecule has 0 aliphatic carbocycles. The summed E-state index contributed by atoms with van der Waals surface area (Å²) in [5.74, 6) is 2.89.